The van der Waals surface area contributed by atoms with Gasteiger partial charge in [-0.15, -0.1) is 0 Å². The molecule has 0 unspecified atom stereocenters. The number of hydrogen-bond acceptors (Lipinski definition) is 5. The summed E-state index contributed by atoms with van der Waals surface area (Å²) in [5, 5.41) is 23.8. The Bertz CT molecular complexity index is 1100. The molecular weight excluding hydrogens is 360 g/mol. The van der Waals surface area contributed by atoms with Crippen molar-refractivity contribution < 1.29 is 15.0 Å². The quantitative estimate of drug-likeness (QED) is 0.393. The average Bonchev–Trinajstić information content (AvgIpc) is 2.96. The van der Waals surface area contributed by atoms with Gasteiger partial charge in [-0.1, -0.05) is 13.0 Å². The van der Waals surface area contributed by atoms with Crippen LogP contribution < -0.4 is 16.6 Å². The van der Waals surface area contributed by atoms with E-state index in [1.807, 2.05) is 25.2 Å². The summed E-state index contributed by atoms with van der Waals surface area (Å²) in [6.07, 6.45) is 0.374. The summed E-state index contributed by atoms with van der Waals surface area (Å²) in [5.74, 6) is -1.93. The highest BCUT2D eigenvalue weighted by molar-refractivity contribution is 5.92. The number of hydrogen-bond donors (Lipinski definition) is 5. The minimum atomic E-state index is -1.45. The molecule has 0 saturated heterocycles. The van der Waals surface area contributed by atoms with Crippen molar-refractivity contribution in [3.05, 3.63) is 51.4 Å². The molecule has 0 amide bonds. The van der Waals surface area contributed by atoms with Gasteiger partial charge in [-0.3, -0.25) is 4.79 Å². The smallest absolute Gasteiger partial charge is 0.345 e. The van der Waals surface area contributed by atoms with Crippen LogP contribution in [0.25, 0.3) is 22.2 Å². The molecule has 0 aliphatic heterocycles. The summed E-state index contributed by atoms with van der Waals surface area (Å²) < 4.78 is 2.08. The number of fused-ring (bicyclic) bond motifs is 1. The van der Waals surface area contributed by atoms with Gasteiger partial charge in [-0.05, 0) is 30.2 Å². The molecule has 0 aliphatic carbocycles. The van der Waals surface area contributed by atoms with Gasteiger partial charge >= 0.3 is 5.97 Å². The number of nitrogens with two attached hydrogens (primary N) is 1. The molecule has 3 rings (SSSR count). The molecular formula is C20H24N4O4. The lowest BCUT2D eigenvalue weighted by Crippen LogP contribution is -2.22. The van der Waals surface area contributed by atoms with Crippen molar-refractivity contribution in [3.63, 3.8) is 0 Å². The van der Waals surface area contributed by atoms with Crippen LogP contribution >= 0.6 is 0 Å². The Morgan fingerprint density at radius 1 is 1.32 bits per heavy atom. The van der Waals surface area contributed by atoms with Crippen molar-refractivity contribution >= 4 is 16.9 Å². The van der Waals surface area contributed by atoms with Gasteiger partial charge in [0.1, 0.15) is 5.75 Å². The second-order valence-corrected chi connectivity index (χ2v) is 6.62. The predicted molar refractivity (Wildman–Crippen MR) is 108 cm³/mol. The molecule has 0 radical (unpaired) electrons. The van der Waals surface area contributed by atoms with Gasteiger partial charge in [0.2, 0.25) is 0 Å². The maximum atomic E-state index is 12.2. The molecule has 0 saturated carbocycles. The predicted octanol–water partition coefficient (Wildman–Crippen LogP) is 1.55. The number of aromatic carboxylic acids is 1. The molecule has 0 spiro atoms. The first-order valence-electron chi connectivity index (χ1n) is 9.09. The van der Waals surface area contributed by atoms with Crippen LogP contribution in [0, 0.1) is 0 Å². The summed E-state index contributed by atoms with van der Waals surface area (Å²) in [7, 11) is 1.98. The molecule has 0 atom stereocenters. The van der Waals surface area contributed by atoms with Gasteiger partial charge in [-0.25, -0.2) is 4.79 Å². The Morgan fingerprint density at radius 2 is 2.07 bits per heavy atom. The monoisotopic (exact) mass is 384 g/mol. The number of aromatic hydroxyl groups is 1. The number of aromatic amines is 1. The molecule has 3 aromatic rings. The first-order chi connectivity index (χ1) is 13.4. The molecule has 8 nitrogen and oxygen atoms in total. The first kappa shape index (κ1) is 19.7. The van der Waals surface area contributed by atoms with E-state index in [9.17, 15) is 19.8 Å². The molecule has 1 aromatic carbocycles. The number of nitrogens with zero attached hydrogens (tertiary/aromatic N) is 1. The fourth-order valence-corrected chi connectivity index (χ4v) is 3.47. The third-order valence-corrected chi connectivity index (χ3v) is 4.92. The molecule has 8 heteroatoms. The van der Waals surface area contributed by atoms with E-state index in [0.29, 0.717) is 36.3 Å². The van der Waals surface area contributed by atoms with Crippen LogP contribution in [0.3, 0.4) is 0 Å². The van der Waals surface area contributed by atoms with Crippen LogP contribution in [-0.4, -0.2) is 38.8 Å². The van der Waals surface area contributed by atoms with Crippen LogP contribution in [0.1, 0.15) is 28.5 Å². The van der Waals surface area contributed by atoms with Crippen molar-refractivity contribution in [3.8, 4) is 17.0 Å². The molecule has 6 N–H and O–H groups in total. The zero-order chi connectivity index (χ0) is 20.4. The Morgan fingerprint density at radius 3 is 2.71 bits per heavy atom. The van der Waals surface area contributed by atoms with Crippen LogP contribution in [0.4, 0.5) is 0 Å². The molecule has 0 bridgehead atoms. The molecule has 148 valence electrons. The fourth-order valence-electron chi connectivity index (χ4n) is 3.47. The topological polar surface area (TPSA) is 133 Å². The number of nitrogens with one attached hydrogen (secondary N) is 2. The Balaban J connectivity index is 2.11. The maximum Gasteiger partial charge on any atom is 0.345 e. The second kappa shape index (κ2) is 7.87. The Kier molecular flexibility index (Phi) is 5.53. The van der Waals surface area contributed by atoms with Crippen molar-refractivity contribution in [1.82, 2.24) is 14.9 Å². The lowest BCUT2D eigenvalue weighted by molar-refractivity contribution is 0.0691. The van der Waals surface area contributed by atoms with Crippen LogP contribution in [0.15, 0.2) is 29.1 Å². The van der Waals surface area contributed by atoms with Crippen LogP contribution in [-0.2, 0) is 20.0 Å². The number of aryl methyl sites for hydroxylation is 1. The highest BCUT2D eigenvalue weighted by Gasteiger charge is 2.22. The Labute approximate surface area is 161 Å². The van der Waals surface area contributed by atoms with Gasteiger partial charge in [-0.2, -0.15) is 0 Å². The summed E-state index contributed by atoms with van der Waals surface area (Å²) in [4.78, 5) is 26.1. The fraction of sp³-hybridized carbons (Fsp3) is 0.300. The van der Waals surface area contributed by atoms with Gasteiger partial charge in [0.15, 0.2) is 5.56 Å². The highest BCUT2D eigenvalue weighted by atomic mass is 16.4. The normalized spacial score (nSPS) is 11.2. The number of carbonyl (C=O) groups is 1. The standard InChI is InChI=1S/C20H24N4O4/c1-3-14-17(23-19(26)16(18(14)25)20(27)28)11-4-5-15-12(8-11)9-13(24(15)2)10-22-7-6-21/h4-5,8-9,22H,3,6-7,10,21H2,1-2H3,(H,27,28)(H2,23,25,26). The maximum absolute atomic E-state index is 12.2. The number of H-pyrrole nitrogens is 1. The minimum absolute atomic E-state index is 0.374. The zero-order valence-electron chi connectivity index (χ0n) is 15.9. The van der Waals surface area contributed by atoms with Gasteiger partial charge in [0.25, 0.3) is 5.56 Å². The number of pyridine rings is 1. The summed E-state index contributed by atoms with van der Waals surface area (Å²) in [6, 6.07) is 7.77. The van der Waals surface area contributed by atoms with E-state index in [0.717, 1.165) is 23.1 Å². The zero-order valence-corrected chi connectivity index (χ0v) is 15.9. The number of benzene rings is 1. The van der Waals surface area contributed by atoms with Crippen LogP contribution in [0.5, 0.6) is 5.75 Å². The van der Waals surface area contributed by atoms with E-state index in [1.54, 1.807) is 6.92 Å². The van der Waals surface area contributed by atoms with E-state index >= 15 is 0 Å². The van der Waals surface area contributed by atoms with E-state index in [2.05, 4.69) is 20.9 Å². The minimum Gasteiger partial charge on any atom is -0.506 e. The van der Waals surface area contributed by atoms with Gasteiger partial charge in [0, 0.05) is 48.8 Å². The first-order valence-corrected chi connectivity index (χ1v) is 9.09. The van der Waals surface area contributed by atoms with E-state index in [4.69, 9.17) is 5.73 Å². The summed E-state index contributed by atoms with van der Waals surface area (Å²) in [6.45, 7) is 3.77. The van der Waals surface area contributed by atoms with E-state index in [-0.39, 0.29) is 0 Å². The largest absolute Gasteiger partial charge is 0.506 e. The average molecular weight is 384 g/mol. The second-order valence-electron chi connectivity index (χ2n) is 6.62. The number of carboxylic acid groups (broad SMARTS) is 1. The molecule has 2 heterocycles. The number of carboxylic acids is 1. The molecule has 0 aliphatic rings. The van der Waals surface area contributed by atoms with Crippen LogP contribution in [0.2, 0.25) is 0 Å². The van der Waals surface area contributed by atoms with Crippen molar-refractivity contribution in [2.24, 2.45) is 12.8 Å². The molecule has 2 aromatic heterocycles. The SMILES string of the molecule is CCc1c(-c2ccc3c(c2)cc(CNCCN)n3C)[nH]c(=O)c(C(=O)O)c1O. The lowest BCUT2D eigenvalue weighted by Gasteiger charge is -2.12. The number of rotatable bonds is 7. The van der Waals surface area contributed by atoms with Crippen molar-refractivity contribution in [2.75, 3.05) is 13.1 Å². The van der Waals surface area contributed by atoms with Gasteiger partial charge in [0.05, 0.1) is 5.69 Å². The van der Waals surface area contributed by atoms with Gasteiger partial charge < -0.3 is 30.8 Å². The van der Waals surface area contributed by atoms with Crippen molar-refractivity contribution in [1.29, 1.82) is 0 Å². The van der Waals surface area contributed by atoms with Crippen molar-refractivity contribution in [2.45, 2.75) is 19.9 Å². The molecule has 28 heavy (non-hydrogen) atoms. The third kappa shape index (κ3) is 3.39. The Hall–Kier alpha value is -3.10. The highest BCUT2D eigenvalue weighted by Crippen LogP contribution is 2.32. The number of aromatic nitrogens is 2. The third-order valence-electron chi connectivity index (χ3n) is 4.92. The lowest BCUT2D eigenvalue weighted by atomic mass is 9.99. The summed E-state index contributed by atoms with van der Waals surface area (Å²) in [5.41, 5.74) is 7.73. The summed E-state index contributed by atoms with van der Waals surface area (Å²) >= 11 is 0. The molecule has 0 fully saturated rings. The van der Waals surface area contributed by atoms with E-state index in [1.165, 1.54) is 0 Å². The van der Waals surface area contributed by atoms with E-state index < -0.39 is 22.8 Å².